The number of carbonyl (C=O) groups is 3. The van der Waals surface area contributed by atoms with Crippen molar-refractivity contribution in [1.29, 1.82) is 0 Å². The van der Waals surface area contributed by atoms with Crippen molar-refractivity contribution in [3.05, 3.63) is 34.9 Å². The van der Waals surface area contributed by atoms with Crippen LogP contribution in [0.2, 0.25) is 0 Å². The molecule has 0 aromatic heterocycles. The summed E-state index contributed by atoms with van der Waals surface area (Å²) in [5, 5.41) is 9.02. The van der Waals surface area contributed by atoms with E-state index in [-0.39, 0.29) is 31.8 Å². The van der Waals surface area contributed by atoms with Crippen LogP contribution < -0.4 is 0 Å². The van der Waals surface area contributed by atoms with E-state index in [2.05, 4.69) is 0 Å². The molecule has 0 saturated carbocycles. The normalized spacial score (nSPS) is 12.7. The molecule has 1 N–H and O–H groups in total. The van der Waals surface area contributed by atoms with Crippen molar-refractivity contribution in [3.63, 3.8) is 0 Å². The highest BCUT2D eigenvalue weighted by atomic mass is 16.5. The Morgan fingerprint density at radius 1 is 0.840 bits per heavy atom. The molecule has 0 heterocycles. The van der Waals surface area contributed by atoms with Crippen LogP contribution in [0.25, 0.3) is 0 Å². The number of aliphatic hydroxyl groups excluding tert-OH is 1. The molecule has 0 rings (SSSR count). The molecule has 0 fully saturated rings. The zero-order valence-corrected chi connectivity index (χ0v) is 15.2. The summed E-state index contributed by atoms with van der Waals surface area (Å²) in [7, 11) is 0. The van der Waals surface area contributed by atoms with Gasteiger partial charge >= 0.3 is 11.9 Å². The van der Waals surface area contributed by atoms with E-state index in [0.29, 0.717) is 31.3 Å². The van der Waals surface area contributed by atoms with Crippen molar-refractivity contribution in [2.45, 2.75) is 46.5 Å². The molecule has 25 heavy (non-hydrogen) atoms. The molecular formula is C19H28O6. The largest absolute Gasteiger partial charge is 0.461 e. The Bertz CT molecular complexity index is 528. The molecule has 0 atom stereocenters. The second-order valence-corrected chi connectivity index (χ2v) is 5.61. The maximum absolute atomic E-state index is 11.0. The third kappa shape index (κ3) is 13.9. The van der Waals surface area contributed by atoms with Gasteiger partial charge in [-0.1, -0.05) is 18.2 Å². The number of esters is 2. The van der Waals surface area contributed by atoms with Gasteiger partial charge in [0.25, 0.3) is 0 Å². The minimum Gasteiger partial charge on any atom is -0.461 e. The topological polar surface area (TPSA) is 89.9 Å². The predicted octanol–water partition coefficient (Wildman–Crippen LogP) is 2.66. The summed E-state index contributed by atoms with van der Waals surface area (Å²) >= 11 is 0. The minimum absolute atomic E-state index is 0.115. The first-order valence-corrected chi connectivity index (χ1v) is 8.24. The molecule has 6 nitrogen and oxygen atoms in total. The maximum Gasteiger partial charge on any atom is 0.302 e. The van der Waals surface area contributed by atoms with Gasteiger partial charge in [-0.15, -0.1) is 0 Å². The van der Waals surface area contributed by atoms with Gasteiger partial charge in [0.15, 0.2) is 0 Å². The Morgan fingerprint density at radius 3 is 1.76 bits per heavy atom. The fourth-order valence-corrected chi connectivity index (χ4v) is 1.98. The van der Waals surface area contributed by atoms with Crippen LogP contribution in [0.1, 0.15) is 46.5 Å². The first kappa shape index (κ1) is 22.8. The third-order valence-corrected chi connectivity index (χ3v) is 3.32. The molecule has 0 radical (unpaired) electrons. The van der Waals surface area contributed by atoms with Crippen molar-refractivity contribution in [1.82, 2.24) is 0 Å². The SMILES string of the molecule is CC(=O)OC/C(=C\CO)CC/C=C(/CC/C=C(\C)C=O)COC(C)=O. The summed E-state index contributed by atoms with van der Waals surface area (Å²) in [5.41, 5.74) is 2.46. The second-order valence-electron chi connectivity index (χ2n) is 5.61. The number of hydrogen-bond acceptors (Lipinski definition) is 6. The second kappa shape index (κ2) is 14.2. The zero-order valence-electron chi connectivity index (χ0n) is 15.2. The smallest absolute Gasteiger partial charge is 0.302 e. The molecular weight excluding hydrogens is 324 g/mol. The molecule has 0 aliphatic carbocycles. The third-order valence-electron chi connectivity index (χ3n) is 3.32. The molecule has 0 saturated heterocycles. The van der Waals surface area contributed by atoms with Crippen LogP contribution in [0.15, 0.2) is 34.9 Å². The molecule has 0 aromatic rings. The summed E-state index contributed by atoms with van der Waals surface area (Å²) in [6.45, 7) is 4.69. The van der Waals surface area contributed by atoms with Crippen LogP contribution in [0.4, 0.5) is 0 Å². The monoisotopic (exact) mass is 352 g/mol. The highest BCUT2D eigenvalue weighted by molar-refractivity contribution is 5.71. The maximum atomic E-state index is 11.0. The molecule has 0 bridgehead atoms. The van der Waals surface area contributed by atoms with Crippen molar-refractivity contribution in [2.24, 2.45) is 0 Å². The van der Waals surface area contributed by atoms with Gasteiger partial charge in [-0.05, 0) is 49.3 Å². The average Bonchev–Trinajstić information content (AvgIpc) is 2.56. The number of aldehydes is 1. The van der Waals surface area contributed by atoms with Crippen molar-refractivity contribution in [3.8, 4) is 0 Å². The van der Waals surface area contributed by atoms with Crippen molar-refractivity contribution in [2.75, 3.05) is 19.8 Å². The summed E-state index contributed by atoms with van der Waals surface area (Å²) in [4.78, 5) is 32.5. The van der Waals surface area contributed by atoms with Gasteiger partial charge in [-0.2, -0.15) is 0 Å². The lowest BCUT2D eigenvalue weighted by Gasteiger charge is -2.09. The van der Waals surface area contributed by atoms with E-state index in [0.717, 1.165) is 17.4 Å². The van der Waals surface area contributed by atoms with Gasteiger partial charge in [0, 0.05) is 13.8 Å². The van der Waals surface area contributed by atoms with Crippen LogP contribution in [0.3, 0.4) is 0 Å². The van der Waals surface area contributed by atoms with Crippen LogP contribution in [-0.4, -0.2) is 43.2 Å². The van der Waals surface area contributed by atoms with Gasteiger partial charge in [-0.3, -0.25) is 14.4 Å². The average molecular weight is 352 g/mol. The van der Waals surface area contributed by atoms with E-state index in [9.17, 15) is 14.4 Å². The lowest BCUT2D eigenvalue weighted by Crippen LogP contribution is -2.05. The van der Waals surface area contributed by atoms with Crippen LogP contribution >= 0.6 is 0 Å². The fourth-order valence-electron chi connectivity index (χ4n) is 1.98. The number of aliphatic hydroxyl groups is 1. The molecule has 140 valence electrons. The number of hydrogen-bond donors (Lipinski definition) is 1. The van der Waals surface area contributed by atoms with E-state index in [4.69, 9.17) is 14.6 Å². The number of rotatable bonds is 12. The van der Waals surface area contributed by atoms with Crippen LogP contribution in [0.5, 0.6) is 0 Å². The molecule has 0 aliphatic rings. The zero-order chi connectivity index (χ0) is 19.1. The minimum atomic E-state index is -0.368. The van der Waals surface area contributed by atoms with Crippen LogP contribution in [0, 0.1) is 0 Å². The molecule has 0 amide bonds. The van der Waals surface area contributed by atoms with E-state index in [1.165, 1.54) is 13.8 Å². The van der Waals surface area contributed by atoms with E-state index in [1.807, 2.05) is 12.2 Å². The standard InChI is InChI=1S/C19H28O6/c1-15(12-21)6-4-7-18(13-24-16(2)22)8-5-9-19(10-11-20)14-25-17(3)23/h6,8,10,12,20H,4-5,7,9,11,13-14H2,1-3H3/b15-6+,18-8-,19-10-. The molecule has 0 unspecified atom stereocenters. The van der Waals surface area contributed by atoms with Gasteiger partial charge in [0.1, 0.15) is 19.5 Å². The Morgan fingerprint density at radius 2 is 1.32 bits per heavy atom. The predicted molar refractivity (Wildman–Crippen MR) is 94.8 cm³/mol. The highest BCUT2D eigenvalue weighted by Crippen LogP contribution is 2.13. The lowest BCUT2D eigenvalue weighted by atomic mass is 10.0. The lowest BCUT2D eigenvalue weighted by molar-refractivity contribution is -0.140. The van der Waals surface area contributed by atoms with Crippen LogP contribution in [-0.2, 0) is 23.9 Å². The van der Waals surface area contributed by atoms with Gasteiger partial charge in [0.05, 0.1) is 6.61 Å². The Kier molecular flexibility index (Phi) is 12.9. The summed E-state index contributed by atoms with van der Waals surface area (Å²) in [5.74, 6) is -0.714. The summed E-state index contributed by atoms with van der Waals surface area (Å²) in [6, 6.07) is 0. The number of carbonyl (C=O) groups excluding carboxylic acids is 3. The highest BCUT2D eigenvalue weighted by Gasteiger charge is 2.03. The van der Waals surface area contributed by atoms with Gasteiger partial charge < -0.3 is 14.6 Å². The molecule has 0 aromatic carbocycles. The molecule has 0 spiro atoms. The Balaban J connectivity index is 4.69. The Labute approximate surface area is 149 Å². The molecule has 6 heteroatoms. The first-order chi connectivity index (χ1) is 11.9. The van der Waals surface area contributed by atoms with Crippen molar-refractivity contribution < 1.29 is 29.0 Å². The van der Waals surface area contributed by atoms with Crippen molar-refractivity contribution >= 4 is 18.2 Å². The number of ether oxygens (including phenoxy) is 2. The van der Waals surface area contributed by atoms with Gasteiger partial charge in [-0.25, -0.2) is 0 Å². The van der Waals surface area contributed by atoms with Gasteiger partial charge in [0.2, 0.25) is 0 Å². The molecule has 0 aliphatic heterocycles. The number of allylic oxidation sites excluding steroid dienone is 3. The van der Waals surface area contributed by atoms with E-state index >= 15 is 0 Å². The summed E-state index contributed by atoms with van der Waals surface area (Å²) < 4.78 is 10.00. The van der Waals surface area contributed by atoms with E-state index < -0.39 is 0 Å². The quantitative estimate of drug-likeness (QED) is 0.251. The fraction of sp³-hybridized carbons (Fsp3) is 0.526. The first-order valence-electron chi connectivity index (χ1n) is 8.24. The Hall–Kier alpha value is -2.21. The van der Waals surface area contributed by atoms with E-state index in [1.54, 1.807) is 13.0 Å². The summed E-state index contributed by atoms with van der Waals surface area (Å²) in [6.07, 6.45) is 8.90.